The van der Waals surface area contributed by atoms with Crippen molar-refractivity contribution in [2.45, 2.75) is 44.6 Å². The van der Waals surface area contributed by atoms with Crippen molar-refractivity contribution in [3.8, 4) is 39.4 Å². The maximum atomic E-state index is 12.0. The van der Waals surface area contributed by atoms with Crippen LogP contribution in [-0.2, 0) is 6.54 Å². The molecule has 0 atom stereocenters. The lowest BCUT2D eigenvalue weighted by Crippen LogP contribution is -2.08. The monoisotopic (exact) mass is 627 g/mol. The number of nitrogens with zero attached hydrogens (tertiary/aromatic N) is 2. The zero-order chi connectivity index (χ0) is 31.4. The Balaban J connectivity index is 1.31. The minimum absolute atomic E-state index is 0.325. The van der Waals surface area contributed by atoms with Gasteiger partial charge in [0.05, 0.1) is 35.3 Å². The number of methoxy groups -OCH3 is 1. The summed E-state index contributed by atoms with van der Waals surface area (Å²) < 4.78 is 7.96. The highest BCUT2D eigenvalue weighted by atomic mass is 35.5. The van der Waals surface area contributed by atoms with Gasteiger partial charge in [-0.15, -0.1) is 0 Å². The van der Waals surface area contributed by atoms with Gasteiger partial charge in [-0.05, 0) is 96.1 Å². The molecule has 46 heavy (non-hydrogen) atoms. The number of hydrogen-bond donors (Lipinski definition) is 2. The van der Waals surface area contributed by atoms with E-state index >= 15 is 0 Å². The van der Waals surface area contributed by atoms with Crippen LogP contribution in [0.1, 0.15) is 53.9 Å². The molecular formula is C39H34ClN3O3. The van der Waals surface area contributed by atoms with E-state index in [2.05, 4.69) is 40.2 Å². The molecule has 6 aromatic rings. The van der Waals surface area contributed by atoms with E-state index in [0.29, 0.717) is 16.5 Å². The summed E-state index contributed by atoms with van der Waals surface area (Å²) >= 11 is 6.20. The van der Waals surface area contributed by atoms with Crippen molar-refractivity contribution in [1.82, 2.24) is 9.55 Å². The SMILES string of the molecule is COc1ccc(-c2ccc(Cl)cc2)c(-c2ccc3c4c(ccc3n2)-c2c(C3CCCCC3)c3ccc(C(=O)O)cc3n2CCN4)c1. The van der Waals surface area contributed by atoms with Crippen LogP contribution >= 0.6 is 11.6 Å². The minimum Gasteiger partial charge on any atom is -0.497 e. The number of carboxylic acid groups (broad SMARTS) is 1. The number of carbonyl (C=O) groups is 1. The number of nitrogens with one attached hydrogen (secondary N) is 1. The lowest BCUT2D eigenvalue weighted by Gasteiger charge is -2.24. The molecule has 1 aliphatic heterocycles. The van der Waals surface area contributed by atoms with Gasteiger partial charge in [0.1, 0.15) is 5.75 Å². The van der Waals surface area contributed by atoms with Crippen molar-refractivity contribution in [2.75, 3.05) is 19.0 Å². The molecule has 1 aliphatic carbocycles. The van der Waals surface area contributed by atoms with Crippen LogP contribution < -0.4 is 10.1 Å². The molecule has 230 valence electrons. The van der Waals surface area contributed by atoms with Crippen LogP contribution in [0.2, 0.25) is 5.02 Å². The van der Waals surface area contributed by atoms with Crippen LogP contribution in [-0.4, -0.2) is 34.3 Å². The van der Waals surface area contributed by atoms with Gasteiger partial charge in [-0.2, -0.15) is 0 Å². The molecule has 1 fully saturated rings. The number of ether oxygens (including phenoxy) is 1. The van der Waals surface area contributed by atoms with Crippen LogP contribution in [0.4, 0.5) is 5.69 Å². The van der Waals surface area contributed by atoms with E-state index in [-0.39, 0.29) is 0 Å². The summed E-state index contributed by atoms with van der Waals surface area (Å²) in [4.78, 5) is 17.2. The maximum Gasteiger partial charge on any atom is 0.335 e. The number of aromatic carboxylic acids is 1. The predicted octanol–water partition coefficient (Wildman–Crippen LogP) is 10.0. The Morgan fingerprint density at radius 1 is 0.891 bits per heavy atom. The van der Waals surface area contributed by atoms with Gasteiger partial charge in [0.15, 0.2) is 0 Å². The second-order valence-corrected chi connectivity index (χ2v) is 12.8. The summed E-state index contributed by atoms with van der Waals surface area (Å²) in [6.45, 7) is 1.47. The number of pyridine rings is 1. The Labute approximate surface area is 272 Å². The molecule has 2 N–H and O–H groups in total. The number of hydrogen-bond acceptors (Lipinski definition) is 4. The van der Waals surface area contributed by atoms with Gasteiger partial charge >= 0.3 is 5.97 Å². The first-order valence-electron chi connectivity index (χ1n) is 16.0. The largest absolute Gasteiger partial charge is 0.497 e. The van der Waals surface area contributed by atoms with Gasteiger partial charge < -0.3 is 19.7 Å². The Hall–Kier alpha value is -4.81. The number of carboxylic acids is 1. The fourth-order valence-electron chi connectivity index (χ4n) is 7.61. The standard InChI is InChI=1S/C39H34ClN3O3/c1-46-27-12-14-28(23-7-10-26(40)11-8-23)32(22-27)34-17-15-29-33(42-34)18-16-31-37(29)41-19-20-43-35-21-25(39(44)45)9-13-30(35)36(38(31)43)24-5-3-2-4-6-24/h7-18,21-22,24,41H,2-6,19-20H2,1H3,(H,44,45). The molecule has 6 nitrogen and oxygen atoms in total. The summed E-state index contributed by atoms with van der Waals surface area (Å²) in [5.74, 6) is 0.323. The molecule has 4 aromatic carbocycles. The summed E-state index contributed by atoms with van der Waals surface area (Å²) in [6.07, 6.45) is 6.04. The lowest BCUT2D eigenvalue weighted by molar-refractivity contribution is 0.0697. The quantitative estimate of drug-likeness (QED) is 0.199. The van der Waals surface area contributed by atoms with Gasteiger partial charge in [-0.1, -0.05) is 55.1 Å². The average Bonchev–Trinajstić information content (AvgIpc) is 3.28. The number of aromatic nitrogens is 2. The summed E-state index contributed by atoms with van der Waals surface area (Å²) in [5.41, 5.74) is 11.0. The molecule has 0 saturated heterocycles. The number of rotatable bonds is 5. The van der Waals surface area contributed by atoms with Gasteiger partial charge in [-0.25, -0.2) is 9.78 Å². The Kier molecular flexibility index (Phi) is 7.18. The van der Waals surface area contributed by atoms with E-state index in [0.717, 1.165) is 81.7 Å². The second-order valence-electron chi connectivity index (χ2n) is 12.4. The van der Waals surface area contributed by atoms with Crippen LogP contribution in [0.3, 0.4) is 0 Å². The summed E-state index contributed by atoms with van der Waals surface area (Å²) in [7, 11) is 1.68. The van der Waals surface area contributed by atoms with Gasteiger partial charge in [0, 0.05) is 45.5 Å². The van der Waals surface area contributed by atoms with E-state index in [9.17, 15) is 9.90 Å². The van der Waals surface area contributed by atoms with Crippen LogP contribution in [0, 0.1) is 0 Å². The number of fused-ring (bicyclic) bond motifs is 7. The molecule has 7 heteroatoms. The van der Waals surface area contributed by atoms with Gasteiger partial charge in [-0.3, -0.25) is 0 Å². The van der Waals surface area contributed by atoms with Crippen LogP contribution in [0.15, 0.2) is 84.9 Å². The summed E-state index contributed by atoms with van der Waals surface area (Å²) in [5, 5.41) is 16.5. The van der Waals surface area contributed by atoms with Crippen molar-refractivity contribution in [2.24, 2.45) is 0 Å². The number of benzene rings is 4. The second kappa shape index (κ2) is 11.5. The molecule has 3 heterocycles. The normalized spacial score (nSPS) is 14.8. The number of anilines is 1. The zero-order valence-electron chi connectivity index (χ0n) is 25.6. The van der Waals surface area contributed by atoms with Gasteiger partial charge in [0.2, 0.25) is 0 Å². The fraction of sp³-hybridized carbons (Fsp3) is 0.231. The van der Waals surface area contributed by atoms with Crippen LogP contribution in [0.25, 0.3) is 55.4 Å². The van der Waals surface area contributed by atoms with E-state index in [4.69, 9.17) is 21.3 Å². The molecule has 1 saturated carbocycles. The third-order valence-electron chi connectivity index (χ3n) is 9.79. The highest BCUT2D eigenvalue weighted by molar-refractivity contribution is 6.30. The van der Waals surface area contributed by atoms with Crippen molar-refractivity contribution >= 4 is 45.1 Å². The molecule has 0 spiro atoms. The third kappa shape index (κ3) is 4.79. The van der Waals surface area contributed by atoms with Crippen molar-refractivity contribution in [1.29, 1.82) is 0 Å². The minimum atomic E-state index is -0.896. The average molecular weight is 628 g/mol. The highest BCUT2D eigenvalue weighted by Gasteiger charge is 2.30. The maximum absolute atomic E-state index is 12.0. The van der Waals surface area contributed by atoms with E-state index in [1.807, 2.05) is 48.5 Å². The highest BCUT2D eigenvalue weighted by Crippen LogP contribution is 2.48. The first kappa shape index (κ1) is 28.6. The zero-order valence-corrected chi connectivity index (χ0v) is 26.4. The molecule has 8 rings (SSSR count). The van der Waals surface area contributed by atoms with Crippen molar-refractivity contribution in [3.05, 3.63) is 101 Å². The molecule has 0 amide bonds. The van der Waals surface area contributed by atoms with E-state index in [1.165, 1.54) is 35.9 Å². The first-order valence-corrected chi connectivity index (χ1v) is 16.4. The molecular weight excluding hydrogens is 594 g/mol. The predicted molar refractivity (Wildman–Crippen MR) is 186 cm³/mol. The lowest BCUT2D eigenvalue weighted by atomic mass is 9.81. The Bertz CT molecular complexity index is 2150. The number of halogens is 1. The van der Waals surface area contributed by atoms with E-state index in [1.54, 1.807) is 13.2 Å². The van der Waals surface area contributed by atoms with E-state index < -0.39 is 5.97 Å². The molecule has 0 unspecified atom stereocenters. The molecule has 2 aliphatic rings. The molecule has 0 bridgehead atoms. The molecule has 0 radical (unpaired) electrons. The first-order chi connectivity index (χ1) is 22.5. The topological polar surface area (TPSA) is 76.4 Å². The van der Waals surface area contributed by atoms with Gasteiger partial charge in [0.25, 0.3) is 0 Å². The Morgan fingerprint density at radius 2 is 1.67 bits per heavy atom. The fourth-order valence-corrected chi connectivity index (χ4v) is 7.74. The smallest absolute Gasteiger partial charge is 0.335 e. The summed E-state index contributed by atoms with van der Waals surface area (Å²) in [6, 6.07) is 28.2. The Morgan fingerprint density at radius 3 is 2.46 bits per heavy atom. The van der Waals surface area contributed by atoms with Crippen molar-refractivity contribution < 1.29 is 14.6 Å². The third-order valence-corrected chi connectivity index (χ3v) is 10.0. The molecule has 2 aromatic heterocycles. The van der Waals surface area contributed by atoms with Crippen molar-refractivity contribution in [3.63, 3.8) is 0 Å². The van der Waals surface area contributed by atoms with Crippen LogP contribution in [0.5, 0.6) is 5.75 Å².